The fourth-order valence-corrected chi connectivity index (χ4v) is 0.976. The Morgan fingerprint density at radius 2 is 1.80 bits per heavy atom. The minimum Gasteiger partial charge on any atom is -0.350 e. The van der Waals surface area contributed by atoms with Gasteiger partial charge in [-0.05, 0) is 6.42 Å². The van der Waals surface area contributed by atoms with Gasteiger partial charge in [0, 0.05) is 5.41 Å². The molecule has 1 fully saturated rings. The fraction of sp³-hybridized carbons (Fsp3) is 1.00. The maximum Gasteiger partial charge on any atom is 0.162 e. The molecule has 2 heteroatoms. The van der Waals surface area contributed by atoms with E-state index in [9.17, 15) is 0 Å². The molecule has 1 heterocycles. The standard InChI is InChI=1S/C8H16O2/c1-4-8(2,3)7-9-5-6-10-7/h7H,4-6H2,1-3H3. The first-order valence-electron chi connectivity index (χ1n) is 3.90. The van der Waals surface area contributed by atoms with Gasteiger partial charge in [0.2, 0.25) is 0 Å². The van der Waals surface area contributed by atoms with E-state index in [4.69, 9.17) is 9.47 Å². The smallest absolute Gasteiger partial charge is 0.162 e. The largest absolute Gasteiger partial charge is 0.350 e. The third-order valence-electron chi connectivity index (χ3n) is 2.17. The van der Waals surface area contributed by atoms with Crippen molar-refractivity contribution in [2.24, 2.45) is 5.41 Å². The van der Waals surface area contributed by atoms with Crippen LogP contribution in [0.25, 0.3) is 0 Å². The van der Waals surface area contributed by atoms with Crippen molar-refractivity contribution in [3.05, 3.63) is 0 Å². The molecule has 0 saturated carbocycles. The highest BCUT2D eigenvalue weighted by atomic mass is 16.7. The topological polar surface area (TPSA) is 18.5 Å². The molecule has 2 nitrogen and oxygen atoms in total. The van der Waals surface area contributed by atoms with Gasteiger partial charge in [0.15, 0.2) is 6.29 Å². The van der Waals surface area contributed by atoms with Crippen molar-refractivity contribution in [2.75, 3.05) is 13.2 Å². The van der Waals surface area contributed by atoms with E-state index in [1.165, 1.54) is 0 Å². The highest BCUT2D eigenvalue weighted by Crippen LogP contribution is 2.30. The van der Waals surface area contributed by atoms with E-state index in [1.54, 1.807) is 0 Å². The molecule has 1 aliphatic heterocycles. The van der Waals surface area contributed by atoms with Crippen molar-refractivity contribution in [3.63, 3.8) is 0 Å². The molecule has 0 N–H and O–H groups in total. The third-order valence-corrected chi connectivity index (χ3v) is 2.17. The average molecular weight is 144 g/mol. The van der Waals surface area contributed by atoms with Crippen molar-refractivity contribution in [1.82, 2.24) is 0 Å². The van der Waals surface area contributed by atoms with E-state index >= 15 is 0 Å². The van der Waals surface area contributed by atoms with E-state index in [2.05, 4.69) is 20.8 Å². The highest BCUT2D eigenvalue weighted by molar-refractivity contribution is 4.73. The van der Waals surface area contributed by atoms with Crippen LogP contribution in [0.2, 0.25) is 0 Å². The summed E-state index contributed by atoms with van der Waals surface area (Å²) >= 11 is 0. The maximum atomic E-state index is 5.39. The van der Waals surface area contributed by atoms with E-state index < -0.39 is 0 Å². The summed E-state index contributed by atoms with van der Waals surface area (Å²) in [7, 11) is 0. The number of hydrogen-bond acceptors (Lipinski definition) is 2. The van der Waals surface area contributed by atoms with Gasteiger partial charge in [0.05, 0.1) is 13.2 Å². The molecule has 0 radical (unpaired) electrons. The fourth-order valence-electron chi connectivity index (χ4n) is 0.976. The molecule has 10 heavy (non-hydrogen) atoms. The molecule has 60 valence electrons. The predicted molar refractivity (Wildman–Crippen MR) is 39.8 cm³/mol. The molecule has 0 unspecified atom stereocenters. The van der Waals surface area contributed by atoms with Crippen LogP contribution in [-0.4, -0.2) is 19.5 Å². The van der Waals surface area contributed by atoms with E-state index in [0.29, 0.717) is 0 Å². The summed E-state index contributed by atoms with van der Waals surface area (Å²) in [5.74, 6) is 0. The Bertz CT molecular complexity index is 104. The van der Waals surface area contributed by atoms with Gasteiger partial charge < -0.3 is 9.47 Å². The van der Waals surface area contributed by atoms with Crippen molar-refractivity contribution >= 4 is 0 Å². The molecule has 1 aliphatic rings. The van der Waals surface area contributed by atoms with Crippen LogP contribution in [0.15, 0.2) is 0 Å². The lowest BCUT2D eigenvalue weighted by molar-refractivity contribution is -0.120. The van der Waals surface area contributed by atoms with Gasteiger partial charge in [-0.15, -0.1) is 0 Å². The maximum absolute atomic E-state index is 5.39. The molecule has 0 spiro atoms. The van der Waals surface area contributed by atoms with Crippen molar-refractivity contribution in [2.45, 2.75) is 33.5 Å². The monoisotopic (exact) mass is 144 g/mol. The lowest BCUT2D eigenvalue weighted by atomic mass is 9.90. The normalized spacial score (nSPS) is 21.9. The molecular weight excluding hydrogens is 128 g/mol. The van der Waals surface area contributed by atoms with Crippen molar-refractivity contribution in [1.29, 1.82) is 0 Å². The summed E-state index contributed by atoms with van der Waals surface area (Å²) < 4.78 is 10.8. The van der Waals surface area contributed by atoms with Crippen LogP contribution < -0.4 is 0 Å². The minimum absolute atomic E-state index is 0.0255. The third kappa shape index (κ3) is 1.50. The second-order valence-corrected chi connectivity index (χ2v) is 3.42. The zero-order valence-corrected chi connectivity index (χ0v) is 7.02. The molecule has 0 aliphatic carbocycles. The van der Waals surface area contributed by atoms with E-state index in [0.717, 1.165) is 19.6 Å². The molecule has 0 atom stereocenters. The number of hydrogen-bond donors (Lipinski definition) is 0. The number of ether oxygens (including phenoxy) is 2. The lowest BCUT2D eigenvalue weighted by Crippen LogP contribution is -2.29. The first kappa shape index (κ1) is 8.02. The van der Waals surface area contributed by atoms with Crippen LogP contribution in [0.3, 0.4) is 0 Å². The van der Waals surface area contributed by atoms with Gasteiger partial charge in [-0.1, -0.05) is 20.8 Å². The Morgan fingerprint density at radius 3 is 2.20 bits per heavy atom. The molecule has 0 amide bonds. The van der Waals surface area contributed by atoms with E-state index in [1.807, 2.05) is 0 Å². The minimum atomic E-state index is 0.0255. The summed E-state index contributed by atoms with van der Waals surface area (Å²) in [6.45, 7) is 8.01. The zero-order chi connectivity index (χ0) is 7.61. The Morgan fingerprint density at radius 1 is 1.30 bits per heavy atom. The van der Waals surface area contributed by atoms with Crippen LogP contribution in [0, 0.1) is 5.41 Å². The van der Waals surface area contributed by atoms with Gasteiger partial charge in [0.25, 0.3) is 0 Å². The first-order valence-corrected chi connectivity index (χ1v) is 3.90. The van der Waals surface area contributed by atoms with Gasteiger partial charge in [0.1, 0.15) is 0 Å². The summed E-state index contributed by atoms with van der Waals surface area (Å²) in [5, 5.41) is 0. The quantitative estimate of drug-likeness (QED) is 0.588. The molecule has 0 aromatic heterocycles. The lowest BCUT2D eigenvalue weighted by Gasteiger charge is -2.27. The SMILES string of the molecule is CCC(C)(C)C1OCCO1. The van der Waals surface area contributed by atoms with Crippen LogP contribution in [0.1, 0.15) is 27.2 Å². The van der Waals surface area contributed by atoms with Gasteiger partial charge >= 0.3 is 0 Å². The second kappa shape index (κ2) is 2.89. The second-order valence-electron chi connectivity index (χ2n) is 3.42. The Kier molecular flexibility index (Phi) is 2.32. The number of rotatable bonds is 2. The molecule has 0 aromatic rings. The summed E-state index contributed by atoms with van der Waals surface area (Å²) in [5.41, 5.74) is 0.177. The Balaban J connectivity index is 2.45. The Labute approximate surface area is 62.5 Å². The van der Waals surface area contributed by atoms with Crippen LogP contribution in [0.4, 0.5) is 0 Å². The van der Waals surface area contributed by atoms with Gasteiger partial charge in [-0.3, -0.25) is 0 Å². The summed E-state index contributed by atoms with van der Waals surface area (Å²) in [6, 6.07) is 0. The van der Waals surface area contributed by atoms with Crippen molar-refractivity contribution in [3.8, 4) is 0 Å². The molecule has 1 saturated heterocycles. The summed E-state index contributed by atoms with van der Waals surface area (Å²) in [4.78, 5) is 0. The zero-order valence-electron chi connectivity index (χ0n) is 7.02. The van der Waals surface area contributed by atoms with E-state index in [-0.39, 0.29) is 11.7 Å². The first-order chi connectivity index (χ1) is 4.67. The molecule has 1 rings (SSSR count). The van der Waals surface area contributed by atoms with Gasteiger partial charge in [-0.2, -0.15) is 0 Å². The predicted octanol–water partition coefficient (Wildman–Crippen LogP) is 1.80. The van der Waals surface area contributed by atoms with Crippen molar-refractivity contribution < 1.29 is 9.47 Å². The molecule has 0 aromatic carbocycles. The van der Waals surface area contributed by atoms with Crippen LogP contribution >= 0.6 is 0 Å². The summed E-state index contributed by atoms with van der Waals surface area (Å²) in [6.07, 6.45) is 1.12. The van der Waals surface area contributed by atoms with Crippen LogP contribution in [0.5, 0.6) is 0 Å². The van der Waals surface area contributed by atoms with Gasteiger partial charge in [-0.25, -0.2) is 0 Å². The molecule has 0 bridgehead atoms. The Hall–Kier alpha value is -0.0800. The molecular formula is C8H16O2. The average Bonchev–Trinajstić information content (AvgIpc) is 2.38. The van der Waals surface area contributed by atoms with Crippen LogP contribution in [-0.2, 0) is 9.47 Å². The highest BCUT2D eigenvalue weighted by Gasteiger charge is 2.32.